The molecule has 24 heavy (non-hydrogen) atoms. The van der Waals surface area contributed by atoms with Gasteiger partial charge in [-0.3, -0.25) is 0 Å². The maximum absolute atomic E-state index is 13.9. The Kier molecular flexibility index (Phi) is 4.07. The van der Waals surface area contributed by atoms with Crippen molar-refractivity contribution in [2.45, 2.75) is 6.61 Å². The van der Waals surface area contributed by atoms with E-state index in [-0.39, 0.29) is 23.2 Å². The van der Waals surface area contributed by atoms with Gasteiger partial charge in [0.2, 0.25) is 0 Å². The number of carboxylic acid groups (broad SMARTS) is 1. The molecule has 3 aromatic rings. The highest BCUT2D eigenvalue weighted by Crippen LogP contribution is 2.25. The van der Waals surface area contributed by atoms with Crippen LogP contribution in [-0.2, 0) is 6.61 Å². The molecule has 0 radical (unpaired) electrons. The molecule has 0 aliphatic heterocycles. The summed E-state index contributed by atoms with van der Waals surface area (Å²) in [5.41, 5.74) is 1.06. The first kappa shape index (κ1) is 15.8. The topological polar surface area (TPSA) is 63.5 Å². The molecule has 5 nitrogen and oxygen atoms in total. The molecule has 124 valence electrons. The third-order valence-corrected chi connectivity index (χ3v) is 3.63. The molecule has 0 unspecified atom stereocenters. The molecule has 0 aliphatic rings. The van der Waals surface area contributed by atoms with Gasteiger partial charge in [-0.05, 0) is 36.4 Å². The molecular weight excluding hydrogens is 318 g/mol. The Balaban J connectivity index is 1.94. The second-order valence-corrected chi connectivity index (χ2v) is 5.14. The van der Waals surface area contributed by atoms with Crippen LogP contribution in [-0.4, -0.2) is 22.8 Å². The van der Waals surface area contributed by atoms with Crippen molar-refractivity contribution >= 4 is 22.7 Å². The second-order valence-electron chi connectivity index (χ2n) is 5.14. The third kappa shape index (κ3) is 2.88. The van der Waals surface area contributed by atoms with E-state index >= 15 is 0 Å². The molecule has 0 bridgehead atoms. The molecule has 1 heterocycles. The van der Waals surface area contributed by atoms with Gasteiger partial charge >= 0.3 is 6.09 Å². The monoisotopic (exact) mass is 332 g/mol. The van der Waals surface area contributed by atoms with Crippen molar-refractivity contribution in [1.82, 2.24) is 4.57 Å². The number of ether oxygens (including phenoxy) is 1. The number of rotatable bonds is 4. The predicted octanol–water partition coefficient (Wildman–Crippen LogP) is 4.07. The van der Waals surface area contributed by atoms with E-state index < -0.39 is 17.7 Å². The summed E-state index contributed by atoms with van der Waals surface area (Å²) >= 11 is 0. The lowest BCUT2D eigenvalue weighted by molar-refractivity contribution is 0.194. The lowest BCUT2D eigenvalue weighted by atomic mass is 10.2. The van der Waals surface area contributed by atoms with Gasteiger partial charge in [0.15, 0.2) is 0 Å². The summed E-state index contributed by atoms with van der Waals surface area (Å²) in [6.07, 6.45) is -1.33. The van der Waals surface area contributed by atoms with Gasteiger partial charge in [0.05, 0.1) is 11.2 Å². The van der Waals surface area contributed by atoms with E-state index in [9.17, 15) is 18.7 Å². The Morgan fingerprint density at radius 2 is 1.92 bits per heavy atom. The van der Waals surface area contributed by atoms with E-state index in [2.05, 4.69) is 5.32 Å². The number of hydrogen-bond acceptors (Lipinski definition) is 3. The lowest BCUT2D eigenvalue weighted by Crippen LogP contribution is -2.13. The van der Waals surface area contributed by atoms with Crippen LogP contribution < -0.4 is 10.1 Å². The number of hydrogen-bond donors (Lipinski definition) is 2. The smallest absolute Gasteiger partial charge is 0.416 e. The first-order chi connectivity index (χ1) is 11.5. The van der Waals surface area contributed by atoms with Crippen LogP contribution >= 0.6 is 0 Å². The van der Waals surface area contributed by atoms with Crippen molar-refractivity contribution in [1.29, 1.82) is 0 Å². The molecule has 0 fully saturated rings. The summed E-state index contributed by atoms with van der Waals surface area (Å²) in [4.78, 5) is 11.5. The quantitative estimate of drug-likeness (QED) is 0.756. The fraction of sp³-hybridized carbons (Fsp3) is 0.118. The molecule has 0 amide bonds. The van der Waals surface area contributed by atoms with Gasteiger partial charge in [-0.1, -0.05) is 0 Å². The highest BCUT2D eigenvalue weighted by atomic mass is 19.1. The van der Waals surface area contributed by atoms with Crippen molar-refractivity contribution < 1.29 is 23.4 Å². The van der Waals surface area contributed by atoms with Crippen molar-refractivity contribution in [3.63, 3.8) is 0 Å². The van der Waals surface area contributed by atoms with Gasteiger partial charge in [-0.2, -0.15) is 0 Å². The molecule has 0 saturated carbocycles. The van der Waals surface area contributed by atoms with Crippen LogP contribution in [0.5, 0.6) is 5.75 Å². The predicted molar refractivity (Wildman–Crippen MR) is 85.6 cm³/mol. The Labute approximate surface area is 136 Å². The molecule has 0 saturated heterocycles. The fourth-order valence-electron chi connectivity index (χ4n) is 2.49. The average molecular weight is 332 g/mol. The Hall–Kier alpha value is -3.09. The van der Waals surface area contributed by atoms with Gasteiger partial charge in [-0.25, -0.2) is 18.1 Å². The SMILES string of the molecule is CNc1ccc(OCc2cc3c(F)cc(F)cc3n2C(=O)O)cc1. The van der Waals surface area contributed by atoms with Crippen LogP contribution in [0.3, 0.4) is 0 Å². The van der Waals surface area contributed by atoms with E-state index in [0.29, 0.717) is 5.75 Å². The number of carbonyl (C=O) groups is 1. The Morgan fingerprint density at radius 3 is 2.54 bits per heavy atom. The zero-order valence-corrected chi connectivity index (χ0v) is 12.7. The van der Waals surface area contributed by atoms with Crippen molar-refractivity contribution in [3.05, 3.63) is 59.8 Å². The second kappa shape index (κ2) is 6.19. The largest absolute Gasteiger partial charge is 0.487 e. The minimum absolute atomic E-state index is 0.0305. The van der Waals surface area contributed by atoms with Gasteiger partial charge in [0, 0.05) is 24.2 Å². The summed E-state index contributed by atoms with van der Waals surface area (Å²) in [5, 5.41) is 12.4. The van der Waals surface area contributed by atoms with Crippen LogP contribution in [0.25, 0.3) is 10.9 Å². The fourth-order valence-corrected chi connectivity index (χ4v) is 2.49. The van der Waals surface area contributed by atoms with Gasteiger partial charge < -0.3 is 15.2 Å². The van der Waals surface area contributed by atoms with Gasteiger partial charge in [0.1, 0.15) is 24.0 Å². The number of aromatic nitrogens is 1. The van der Waals surface area contributed by atoms with Crippen LogP contribution in [0.2, 0.25) is 0 Å². The summed E-state index contributed by atoms with van der Waals surface area (Å²) < 4.78 is 33.6. The minimum atomic E-state index is -1.33. The van der Waals surface area contributed by atoms with Crippen LogP contribution in [0.1, 0.15) is 5.69 Å². The van der Waals surface area contributed by atoms with Crippen LogP contribution in [0, 0.1) is 11.6 Å². The average Bonchev–Trinajstić information content (AvgIpc) is 2.92. The van der Waals surface area contributed by atoms with Crippen LogP contribution in [0.4, 0.5) is 19.3 Å². The summed E-state index contributed by atoms with van der Waals surface area (Å²) in [5.74, 6) is -1.12. The molecule has 7 heteroatoms. The summed E-state index contributed by atoms with van der Waals surface area (Å²) in [6, 6.07) is 10.1. The first-order valence-electron chi connectivity index (χ1n) is 7.13. The summed E-state index contributed by atoms with van der Waals surface area (Å²) in [6.45, 7) is -0.0963. The van der Waals surface area contributed by atoms with E-state index in [1.165, 1.54) is 6.07 Å². The molecule has 0 atom stereocenters. The number of benzene rings is 2. The Morgan fingerprint density at radius 1 is 1.21 bits per heavy atom. The van der Waals surface area contributed by atoms with E-state index in [4.69, 9.17) is 4.74 Å². The maximum Gasteiger partial charge on any atom is 0.416 e. The molecule has 1 aromatic heterocycles. The van der Waals surface area contributed by atoms with Crippen molar-refractivity contribution in [3.8, 4) is 5.75 Å². The highest BCUT2D eigenvalue weighted by Gasteiger charge is 2.18. The maximum atomic E-state index is 13.9. The minimum Gasteiger partial charge on any atom is -0.487 e. The number of anilines is 1. The molecule has 2 aromatic carbocycles. The van der Waals surface area contributed by atoms with Crippen LogP contribution in [0.15, 0.2) is 42.5 Å². The summed E-state index contributed by atoms with van der Waals surface area (Å²) in [7, 11) is 1.79. The standard InChI is InChI=1S/C17H14F2N2O3/c1-20-11-2-4-13(5-3-11)24-9-12-8-14-15(19)6-10(18)7-16(14)21(12)17(22)23/h2-8,20H,9H2,1H3,(H,22,23). The number of halogens is 2. The molecule has 0 aliphatic carbocycles. The normalized spacial score (nSPS) is 10.8. The van der Waals surface area contributed by atoms with Gasteiger partial charge in [-0.15, -0.1) is 0 Å². The van der Waals surface area contributed by atoms with Gasteiger partial charge in [0.25, 0.3) is 0 Å². The zero-order valence-electron chi connectivity index (χ0n) is 12.7. The van der Waals surface area contributed by atoms with E-state index in [0.717, 1.165) is 22.4 Å². The lowest BCUT2D eigenvalue weighted by Gasteiger charge is -2.09. The van der Waals surface area contributed by atoms with Crippen molar-refractivity contribution in [2.24, 2.45) is 0 Å². The number of nitrogens with one attached hydrogen (secondary N) is 1. The zero-order chi connectivity index (χ0) is 17.3. The molecular formula is C17H14F2N2O3. The Bertz CT molecular complexity index is 904. The molecule has 2 N–H and O–H groups in total. The molecule has 0 spiro atoms. The van der Waals surface area contributed by atoms with Crippen molar-refractivity contribution in [2.75, 3.05) is 12.4 Å². The number of fused-ring (bicyclic) bond motifs is 1. The van der Waals surface area contributed by atoms with E-state index in [1.807, 2.05) is 0 Å². The molecule has 3 rings (SSSR count). The highest BCUT2D eigenvalue weighted by molar-refractivity contribution is 5.90. The third-order valence-electron chi connectivity index (χ3n) is 3.63. The first-order valence-corrected chi connectivity index (χ1v) is 7.13. The number of nitrogens with zero attached hydrogens (tertiary/aromatic N) is 1. The van der Waals surface area contributed by atoms with E-state index in [1.54, 1.807) is 31.3 Å².